The van der Waals surface area contributed by atoms with Crippen molar-refractivity contribution >= 4 is 22.3 Å². The number of fused-ring (bicyclic) bond motifs is 1. The lowest BCUT2D eigenvalue weighted by atomic mass is 10.1. The van der Waals surface area contributed by atoms with E-state index in [2.05, 4.69) is 20.9 Å². The van der Waals surface area contributed by atoms with E-state index >= 15 is 0 Å². The molecule has 2 aromatic heterocycles. The highest BCUT2D eigenvalue weighted by Gasteiger charge is 2.15. The van der Waals surface area contributed by atoms with E-state index < -0.39 is 0 Å². The van der Waals surface area contributed by atoms with Crippen LogP contribution in [0.1, 0.15) is 24.8 Å². The summed E-state index contributed by atoms with van der Waals surface area (Å²) in [6.45, 7) is 2.89. The van der Waals surface area contributed by atoms with Crippen molar-refractivity contribution in [3.05, 3.63) is 54.4 Å². The maximum Gasteiger partial charge on any atom is 0.215 e. The molecule has 3 heterocycles. The van der Waals surface area contributed by atoms with Gasteiger partial charge >= 0.3 is 0 Å². The first kappa shape index (κ1) is 16.6. The van der Waals surface area contributed by atoms with Gasteiger partial charge in [-0.1, -0.05) is 18.2 Å². The predicted molar refractivity (Wildman–Crippen MR) is 106 cm³/mol. The number of anilines is 2. The average Bonchev–Trinajstić information content (AvgIpc) is 3.20. The molecule has 0 saturated carbocycles. The summed E-state index contributed by atoms with van der Waals surface area (Å²) in [7, 11) is 0. The molecule has 0 atom stereocenters. The highest BCUT2D eigenvalue weighted by molar-refractivity contribution is 5.90. The van der Waals surface area contributed by atoms with Crippen LogP contribution in [0.2, 0.25) is 0 Å². The number of ether oxygens (including phenoxy) is 1. The molecule has 2 N–H and O–H groups in total. The van der Waals surface area contributed by atoms with Crippen LogP contribution in [-0.4, -0.2) is 29.7 Å². The summed E-state index contributed by atoms with van der Waals surface area (Å²) in [4.78, 5) is 11.3. The van der Waals surface area contributed by atoms with Crippen LogP contribution in [0.4, 0.5) is 11.4 Å². The molecule has 1 saturated heterocycles. The van der Waals surface area contributed by atoms with Gasteiger partial charge in [0.15, 0.2) is 0 Å². The molecule has 134 valence electrons. The van der Waals surface area contributed by atoms with Crippen LogP contribution in [0.25, 0.3) is 10.9 Å². The van der Waals surface area contributed by atoms with Crippen molar-refractivity contribution in [3.63, 3.8) is 0 Å². The zero-order chi connectivity index (χ0) is 17.8. The minimum atomic E-state index is 0.593. The number of nitrogens with zero attached hydrogens (tertiary/aromatic N) is 3. The van der Waals surface area contributed by atoms with Gasteiger partial charge < -0.3 is 15.4 Å². The minimum absolute atomic E-state index is 0.593. The first-order valence-corrected chi connectivity index (χ1v) is 9.27. The number of benzene rings is 1. The Balaban J connectivity index is 1.37. The second kappa shape index (κ2) is 7.60. The van der Waals surface area contributed by atoms with Crippen molar-refractivity contribution in [2.45, 2.75) is 25.7 Å². The van der Waals surface area contributed by atoms with Gasteiger partial charge in [-0.2, -0.15) is 0 Å². The molecule has 3 aromatic rings. The molecule has 5 nitrogen and oxygen atoms in total. The SMILES string of the molecule is Nc1cc(OCCCc2ccncc2N2CCCC2)nc2ccccc12. The van der Waals surface area contributed by atoms with Gasteiger partial charge in [0.1, 0.15) is 0 Å². The fourth-order valence-corrected chi connectivity index (χ4v) is 3.56. The Kier molecular flexibility index (Phi) is 4.86. The van der Waals surface area contributed by atoms with Gasteiger partial charge in [0.25, 0.3) is 0 Å². The third-order valence-electron chi connectivity index (χ3n) is 4.90. The van der Waals surface area contributed by atoms with Gasteiger partial charge in [0, 0.05) is 36.4 Å². The van der Waals surface area contributed by atoms with Crippen LogP contribution in [-0.2, 0) is 6.42 Å². The molecule has 5 heteroatoms. The third-order valence-corrected chi connectivity index (χ3v) is 4.90. The molecule has 1 aliphatic rings. The topological polar surface area (TPSA) is 64.3 Å². The molecule has 0 amide bonds. The zero-order valence-electron chi connectivity index (χ0n) is 14.9. The number of hydrogen-bond donors (Lipinski definition) is 1. The summed E-state index contributed by atoms with van der Waals surface area (Å²) >= 11 is 0. The smallest absolute Gasteiger partial charge is 0.215 e. The second-order valence-corrected chi connectivity index (χ2v) is 6.72. The maximum atomic E-state index is 6.11. The van der Waals surface area contributed by atoms with Gasteiger partial charge in [0.2, 0.25) is 5.88 Å². The van der Waals surface area contributed by atoms with Gasteiger partial charge in [-0.3, -0.25) is 4.98 Å². The maximum absolute atomic E-state index is 6.11. The summed E-state index contributed by atoms with van der Waals surface area (Å²) < 4.78 is 5.86. The quantitative estimate of drug-likeness (QED) is 0.686. The number of aromatic nitrogens is 2. The summed E-state index contributed by atoms with van der Waals surface area (Å²) in [5, 5.41) is 0.965. The number of rotatable bonds is 6. The molecule has 0 unspecified atom stereocenters. The standard InChI is InChI=1S/C21H24N4O/c22-18-14-21(24-19-8-2-1-7-17(18)19)26-13-5-6-16-9-10-23-15-20(16)25-11-3-4-12-25/h1-2,7-10,14-15H,3-6,11-13H2,(H2,22,24). The number of nitrogens with two attached hydrogens (primary N) is 1. The molecule has 0 aliphatic carbocycles. The van der Waals surface area contributed by atoms with Crippen molar-refractivity contribution < 1.29 is 4.74 Å². The molecule has 0 radical (unpaired) electrons. The van der Waals surface area contributed by atoms with Crippen molar-refractivity contribution in [1.29, 1.82) is 0 Å². The molecular weight excluding hydrogens is 324 g/mol. The van der Waals surface area contributed by atoms with Crippen LogP contribution >= 0.6 is 0 Å². The molecule has 1 fully saturated rings. The lowest BCUT2D eigenvalue weighted by Crippen LogP contribution is -2.19. The Morgan fingerprint density at radius 2 is 1.96 bits per heavy atom. The molecule has 1 aromatic carbocycles. The highest BCUT2D eigenvalue weighted by atomic mass is 16.5. The first-order chi connectivity index (χ1) is 12.8. The molecule has 26 heavy (non-hydrogen) atoms. The summed E-state index contributed by atoms with van der Waals surface area (Å²) in [6, 6.07) is 11.8. The minimum Gasteiger partial charge on any atom is -0.478 e. The van der Waals surface area contributed by atoms with Crippen LogP contribution < -0.4 is 15.4 Å². The molecule has 4 rings (SSSR count). The van der Waals surface area contributed by atoms with Crippen molar-refractivity contribution in [1.82, 2.24) is 9.97 Å². The summed E-state index contributed by atoms with van der Waals surface area (Å²) in [5.74, 6) is 0.593. The van der Waals surface area contributed by atoms with Crippen molar-refractivity contribution in [2.75, 3.05) is 30.3 Å². The van der Waals surface area contributed by atoms with Gasteiger partial charge in [-0.05, 0) is 43.4 Å². The van der Waals surface area contributed by atoms with E-state index in [-0.39, 0.29) is 0 Å². The van der Waals surface area contributed by atoms with Crippen LogP contribution in [0.15, 0.2) is 48.8 Å². The van der Waals surface area contributed by atoms with Crippen LogP contribution in [0.3, 0.4) is 0 Å². The highest BCUT2D eigenvalue weighted by Crippen LogP contribution is 2.26. The Morgan fingerprint density at radius 1 is 1.12 bits per heavy atom. The number of nitrogen functional groups attached to an aromatic ring is 1. The Bertz CT molecular complexity index is 890. The number of pyridine rings is 2. The lowest BCUT2D eigenvalue weighted by molar-refractivity contribution is 0.300. The number of hydrogen-bond acceptors (Lipinski definition) is 5. The fraction of sp³-hybridized carbons (Fsp3) is 0.333. The number of aryl methyl sites for hydroxylation is 1. The largest absolute Gasteiger partial charge is 0.478 e. The lowest BCUT2D eigenvalue weighted by Gasteiger charge is -2.20. The van der Waals surface area contributed by atoms with Gasteiger partial charge in [0.05, 0.1) is 24.0 Å². The molecule has 1 aliphatic heterocycles. The zero-order valence-corrected chi connectivity index (χ0v) is 14.9. The first-order valence-electron chi connectivity index (χ1n) is 9.27. The van der Waals surface area contributed by atoms with Gasteiger partial charge in [-0.25, -0.2) is 4.98 Å². The average molecular weight is 348 g/mol. The normalized spacial score (nSPS) is 14.1. The van der Waals surface area contributed by atoms with Crippen molar-refractivity contribution in [3.8, 4) is 5.88 Å². The monoisotopic (exact) mass is 348 g/mol. The predicted octanol–water partition coefficient (Wildman–Crippen LogP) is 3.82. The Hall–Kier alpha value is -2.82. The van der Waals surface area contributed by atoms with Crippen molar-refractivity contribution in [2.24, 2.45) is 0 Å². The van der Waals surface area contributed by atoms with E-state index in [9.17, 15) is 0 Å². The molecule has 0 bridgehead atoms. The number of para-hydroxylation sites is 1. The van der Waals surface area contributed by atoms with Crippen LogP contribution in [0.5, 0.6) is 5.88 Å². The summed E-state index contributed by atoms with van der Waals surface area (Å²) in [5.41, 5.74) is 10.3. The molecular formula is C21H24N4O. The molecule has 0 spiro atoms. The van der Waals surface area contributed by atoms with E-state index in [1.165, 1.54) is 24.1 Å². The van der Waals surface area contributed by atoms with E-state index in [4.69, 9.17) is 10.5 Å². The Labute approximate surface area is 153 Å². The second-order valence-electron chi connectivity index (χ2n) is 6.72. The fourth-order valence-electron chi connectivity index (χ4n) is 3.56. The van der Waals surface area contributed by atoms with E-state index in [1.807, 2.05) is 42.7 Å². The summed E-state index contributed by atoms with van der Waals surface area (Å²) in [6.07, 6.45) is 8.31. The van der Waals surface area contributed by atoms with Crippen LogP contribution in [0, 0.1) is 0 Å². The van der Waals surface area contributed by atoms with E-state index in [0.717, 1.165) is 36.8 Å². The third kappa shape index (κ3) is 3.57. The Morgan fingerprint density at radius 3 is 2.85 bits per heavy atom. The van der Waals surface area contributed by atoms with Gasteiger partial charge in [-0.15, -0.1) is 0 Å². The van der Waals surface area contributed by atoms with E-state index in [0.29, 0.717) is 18.2 Å². The van der Waals surface area contributed by atoms with E-state index in [1.54, 1.807) is 0 Å².